The van der Waals surface area contributed by atoms with Crippen LogP contribution in [-0.2, 0) is 13.9 Å². The van der Waals surface area contributed by atoms with Crippen molar-refractivity contribution in [1.82, 2.24) is 4.98 Å². The number of aromatic nitrogens is 1. The zero-order chi connectivity index (χ0) is 16.8. The summed E-state index contributed by atoms with van der Waals surface area (Å²) in [6.07, 6.45) is 1.96. The molecule has 0 N–H and O–H groups in total. The minimum absolute atomic E-state index is 0.0274. The number of hydrogen-bond acceptors (Lipinski definition) is 4. The highest BCUT2D eigenvalue weighted by Crippen LogP contribution is 2.42. The summed E-state index contributed by atoms with van der Waals surface area (Å²) in [6.45, 7) is 12.6. The lowest BCUT2D eigenvalue weighted by Crippen LogP contribution is -2.47. The first-order valence-corrected chi connectivity index (χ1v) is 11.9. The molecule has 1 unspecified atom stereocenters. The Morgan fingerprint density at radius 2 is 1.87 bits per heavy atom. The van der Waals surface area contributed by atoms with E-state index in [0.29, 0.717) is 13.2 Å². The molecule has 2 fully saturated rings. The summed E-state index contributed by atoms with van der Waals surface area (Å²) in [6, 6.07) is 4.07. The average Bonchev–Trinajstić information content (AvgIpc) is 3.01. The first kappa shape index (κ1) is 17.5. The van der Waals surface area contributed by atoms with E-state index < -0.39 is 8.32 Å². The van der Waals surface area contributed by atoms with Crippen molar-refractivity contribution in [3.8, 4) is 0 Å². The third kappa shape index (κ3) is 3.42. The number of nitrogens with zero attached hydrogens (tertiary/aromatic N) is 1. The highest BCUT2D eigenvalue weighted by molar-refractivity contribution is 9.10. The monoisotopic (exact) mass is 399 g/mol. The summed E-state index contributed by atoms with van der Waals surface area (Å²) in [5, 5.41) is 0.191. The van der Waals surface area contributed by atoms with E-state index in [1.54, 1.807) is 0 Å². The predicted molar refractivity (Wildman–Crippen MR) is 96.2 cm³/mol. The molecule has 0 saturated carbocycles. The maximum atomic E-state index is 6.54. The quantitative estimate of drug-likeness (QED) is 0.716. The smallest absolute Gasteiger partial charge is 0.192 e. The Hall–Kier alpha value is -0.273. The fraction of sp³-hybridized carbons (Fsp3) is 0.706. The third-order valence-corrected chi connectivity index (χ3v) is 10.4. The summed E-state index contributed by atoms with van der Waals surface area (Å²) in [7, 11) is -1.82. The highest BCUT2D eigenvalue weighted by atomic mass is 79.9. The van der Waals surface area contributed by atoms with Gasteiger partial charge in [-0.2, -0.15) is 0 Å². The van der Waals surface area contributed by atoms with Gasteiger partial charge in [0.05, 0.1) is 31.3 Å². The lowest BCUT2D eigenvalue weighted by Gasteiger charge is -2.39. The SMILES string of the molecule is CC(C)(C)[Si](C)(C)O[C@@H]1CO[C@@H]2C(c3ccc(Br)cn3)CO[C@@H]21. The summed E-state index contributed by atoms with van der Waals surface area (Å²) in [5.41, 5.74) is 1.04. The average molecular weight is 400 g/mol. The molecule has 0 aromatic carbocycles. The molecule has 2 aliphatic rings. The predicted octanol–water partition coefficient (Wildman–Crippen LogP) is 4.12. The Morgan fingerprint density at radius 1 is 1.17 bits per heavy atom. The van der Waals surface area contributed by atoms with Gasteiger partial charge in [0.15, 0.2) is 8.32 Å². The molecule has 0 radical (unpaired) electrons. The molecule has 0 aliphatic carbocycles. The molecule has 1 aromatic heterocycles. The molecule has 1 aromatic rings. The summed E-state index contributed by atoms with van der Waals surface area (Å²) >= 11 is 3.43. The molecule has 2 aliphatic heterocycles. The molecule has 4 nitrogen and oxygen atoms in total. The first-order chi connectivity index (χ1) is 10.7. The van der Waals surface area contributed by atoms with Gasteiger partial charge in [0.25, 0.3) is 0 Å². The van der Waals surface area contributed by atoms with Crippen molar-refractivity contribution in [2.45, 2.75) is 63.1 Å². The van der Waals surface area contributed by atoms with E-state index >= 15 is 0 Å². The number of halogens is 1. The molecular weight excluding hydrogens is 374 g/mol. The van der Waals surface area contributed by atoms with Crippen molar-refractivity contribution in [3.05, 3.63) is 28.5 Å². The second-order valence-corrected chi connectivity index (χ2v) is 13.7. The van der Waals surface area contributed by atoms with Crippen LogP contribution in [0.25, 0.3) is 0 Å². The Morgan fingerprint density at radius 3 is 2.48 bits per heavy atom. The number of fused-ring (bicyclic) bond motifs is 1. The van der Waals surface area contributed by atoms with E-state index in [1.807, 2.05) is 18.3 Å². The fourth-order valence-electron chi connectivity index (χ4n) is 2.98. The van der Waals surface area contributed by atoms with Crippen LogP contribution >= 0.6 is 15.9 Å². The standard InChI is InChI=1S/C17H26BrNO3Si/c1-17(2,3)23(4,5)22-14-10-21-15-12(9-20-16(14)15)13-7-6-11(18)8-19-13/h6-8,12,14-16H,9-10H2,1-5H3/t12?,14-,15-,16-/m1/s1. The van der Waals surface area contributed by atoms with Crippen LogP contribution in [0.5, 0.6) is 0 Å². The van der Waals surface area contributed by atoms with Gasteiger partial charge in [0.2, 0.25) is 0 Å². The minimum Gasteiger partial charge on any atom is -0.409 e. The van der Waals surface area contributed by atoms with Gasteiger partial charge >= 0.3 is 0 Å². The van der Waals surface area contributed by atoms with Crippen LogP contribution in [0.4, 0.5) is 0 Å². The van der Waals surface area contributed by atoms with Gasteiger partial charge in [0, 0.05) is 16.4 Å². The van der Waals surface area contributed by atoms with E-state index in [-0.39, 0.29) is 29.3 Å². The summed E-state index contributed by atoms with van der Waals surface area (Å²) < 4.78 is 19.7. The van der Waals surface area contributed by atoms with E-state index in [1.165, 1.54) is 0 Å². The topological polar surface area (TPSA) is 40.6 Å². The van der Waals surface area contributed by atoms with E-state index in [0.717, 1.165) is 10.2 Å². The molecule has 4 atom stereocenters. The molecule has 0 amide bonds. The number of hydrogen-bond donors (Lipinski definition) is 0. The van der Waals surface area contributed by atoms with E-state index in [9.17, 15) is 0 Å². The van der Waals surface area contributed by atoms with Crippen molar-refractivity contribution in [1.29, 1.82) is 0 Å². The van der Waals surface area contributed by atoms with E-state index in [4.69, 9.17) is 13.9 Å². The maximum Gasteiger partial charge on any atom is 0.192 e. The van der Waals surface area contributed by atoms with E-state index in [2.05, 4.69) is 54.8 Å². The molecular formula is C17H26BrNO3Si. The largest absolute Gasteiger partial charge is 0.409 e. The van der Waals surface area contributed by atoms with Crippen molar-refractivity contribution < 1.29 is 13.9 Å². The first-order valence-electron chi connectivity index (χ1n) is 8.21. The number of ether oxygens (including phenoxy) is 2. The minimum atomic E-state index is -1.82. The zero-order valence-corrected chi connectivity index (χ0v) is 17.1. The van der Waals surface area contributed by atoms with Gasteiger partial charge in [-0.3, -0.25) is 4.98 Å². The molecule has 3 heterocycles. The van der Waals surface area contributed by atoms with Crippen molar-refractivity contribution in [3.63, 3.8) is 0 Å². The summed E-state index contributed by atoms with van der Waals surface area (Å²) in [5.74, 6) is 0.195. The molecule has 0 spiro atoms. The van der Waals surface area contributed by atoms with Crippen LogP contribution < -0.4 is 0 Å². The molecule has 6 heteroatoms. The Kier molecular flexibility index (Phi) is 4.75. The fourth-order valence-corrected chi connectivity index (χ4v) is 4.53. The van der Waals surface area contributed by atoms with Gasteiger partial charge < -0.3 is 13.9 Å². The van der Waals surface area contributed by atoms with Gasteiger partial charge in [0.1, 0.15) is 6.10 Å². The molecule has 2 saturated heterocycles. The van der Waals surface area contributed by atoms with Gasteiger partial charge in [-0.1, -0.05) is 20.8 Å². The Labute approximate surface area is 148 Å². The zero-order valence-electron chi connectivity index (χ0n) is 14.5. The normalized spacial score (nSPS) is 31.4. The van der Waals surface area contributed by atoms with Crippen LogP contribution in [0.2, 0.25) is 18.1 Å². The van der Waals surface area contributed by atoms with Crippen LogP contribution in [0.3, 0.4) is 0 Å². The second kappa shape index (κ2) is 6.22. The maximum absolute atomic E-state index is 6.54. The third-order valence-electron chi connectivity index (χ3n) is 5.39. The molecule has 128 valence electrons. The number of pyridine rings is 1. The van der Waals surface area contributed by atoms with Crippen molar-refractivity contribution >= 4 is 24.2 Å². The lowest BCUT2D eigenvalue weighted by atomic mass is 9.97. The van der Waals surface area contributed by atoms with Gasteiger partial charge in [-0.05, 0) is 46.2 Å². The van der Waals surface area contributed by atoms with Crippen LogP contribution in [0.1, 0.15) is 32.4 Å². The number of rotatable bonds is 3. The molecule has 3 rings (SSSR count). The Bertz CT molecular complexity index is 558. The van der Waals surface area contributed by atoms with Crippen LogP contribution in [0, 0.1) is 0 Å². The van der Waals surface area contributed by atoms with Gasteiger partial charge in [-0.25, -0.2) is 0 Å². The lowest BCUT2D eigenvalue weighted by molar-refractivity contribution is 0.0241. The Balaban J connectivity index is 1.71. The molecule has 23 heavy (non-hydrogen) atoms. The van der Waals surface area contributed by atoms with Crippen LogP contribution in [0.15, 0.2) is 22.8 Å². The van der Waals surface area contributed by atoms with Gasteiger partial charge in [-0.15, -0.1) is 0 Å². The highest BCUT2D eigenvalue weighted by Gasteiger charge is 2.51. The summed E-state index contributed by atoms with van der Waals surface area (Å²) in [4.78, 5) is 4.52. The van der Waals surface area contributed by atoms with Crippen LogP contribution in [-0.4, -0.2) is 44.8 Å². The second-order valence-electron chi connectivity index (χ2n) is 8.02. The van der Waals surface area contributed by atoms with Crippen molar-refractivity contribution in [2.24, 2.45) is 0 Å². The molecule has 0 bridgehead atoms. The van der Waals surface area contributed by atoms with Crippen molar-refractivity contribution in [2.75, 3.05) is 13.2 Å².